The highest BCUT2D eigenvalue weighted by Gasteiger charge is 2.26. The first-order chi connectivity index (χ1) is 8.18. The van der Waals surface area contributed by atoms with Gasteiger partial charge in [0.05, 0.1) is 0 Å². The molecule has 90 valence electrons. The van der Waals surface area contributed by atoms with Crippen molar-refractivity contribution in [2.45, 2.75) is 26.3 Å². The first kappa shape index (κ1) is 10.8. The number of aryl methyl sites for hydroxylation is 1. The molecule has 2 heteroatoms. The second kappa shape index (κ2) is 3.88. The molecule has 0 spiro atoms. The van der Waals surface area contributed by atoms with E-state index in [-0.39, 0.29) is 0 Å². The zero-order valence-electron chi connectivity index (χ0n) is 10.8. The van der Waals surface area contributed by atoms with Gasteiger partial charge in [0.2, 0.25) is 0 Å². The maximum Gasteiger partial charge on any atom is 0.0483 e. The molecule has 1 fully saturated rings. The molecule has 0 saturated carbocycles. The van der Waals surface area contributed by atoms with Crippen LogP contribution in [-0.4, -0.2) is 11.1 Å². The van der Waals surface area contributed by atoms with Crippen molar-refractivity contribution in [3.05, 3.63) is 35.5 Å². The minimum atomic E-state index is 0.538. The molecule has 1 N–H and O–H groups in total. The summed E-state index contributed by atoms with van der Waals surface area (Å²) in [6, 6.07) is 9.27. The maximum absolute atomic E-state index is 3.66. The third kappa shape index (κ3) is 1.59. The summed E-state index contributed by atoms with van der Waals surface area (Å²) in [6.07, 6.45) is 1.26. The Morgan fingerprint density at radius 2 is 2.06 bits per heavy atom. The van der Waals surface area contributed by atoms with E-state index in [2.05, 4.69) is 55.0 Å². The fraction of sp³-hybridized carbons (Fsp3) is 0.467. The smallest absolute Gasteiger partial charge is 0.0483 e. The number of hydrogen-bond acceptors (Lipinski definition) is 1. The van der Waals surface area contributed by atoms with Gasteiger partial charge in [0.15, 0.2) is 0 Å². The third-order valence-corrected chi connectivity index (χ3v) is 4.15. The van der Waals surface area contributed by atoms with E-state index in [0.717, 1.165) is 12.5 Å². The Labute approximate surface area is 103 Å². The second-order valence-electron chi connectivity index (χ2n) is 5.38. The highest BCUT2D eigenvalue weighted by Crippen LogP contribution is 2.35. The SMILES string of the molecule is Cc1c([C@@H]2C[C@H](C)CN2)c2ccccc2n1C. The summed E-state index contributed by atoms with van der Waals surface area (Å²) in [5.41, 5.74) is 4.26. The van der Waals surface area contributed by atoms with Crippen molar-refractivity contribution in [2.24, 2.45) is 13.0 Å². The second-order valence-corrected chi connectivity index (χ2v) is 5.38. The van der Waals surface area contributed by atoms with Crippen LogP contribution >= 0.6 is 0 Å². The topological polar surface area (TPSA) is 17.0 Å². The quantitative estimate of drug-likeness (QED) is 0.793. The molecule has 0 aliphatic carbocycles. The van der Waals surface area contributed by atoms with Gasteiger partial charge in [-0.05, 0) is 37.4 Å². The van der Waals surface area contributed by atoms with Gasteiger partial charge in [-0.3, -0.25) is 0 Å². The first-order valence-electron chi connectivity index (χ1n) is 6.45. The highest BCUT2D eigenvalue weighted by atomic mass is 15.0. The molecule has 0 radical (unpaired) electrons. The number of nitrogens with zero attached hydrogens (tertiary/aromatic N) is 1. The summed E-state index contributed by atoms with van der Waals surface area (Å²) in [6.45, 7) is 5.71. The Morgan fingerprint density at radius 1 is 1.29 bits per heavy atom. The minimum Gasteiger partial charge on any atom is -0.348 e. The van der Waals surface area contributed by atoms with Gasteiger partial charge < -0.3 is 9.88 Å². The van der Waals surface area contributed by atoms with Crippen LogP contribution in [0.15, 0.2) is 24.3 Å². The fourth-order valence-electron chi connectivity index (χ4n) is 3.12. The van der Waals surface area contributed by atoms with Crippen LogP contribution in [0.4, 0.5) is 0 Å². The molecule has 1 aromatic heterocycles. The first-order valence-corrected chi connectivity index (χ1v) is 6.45. The van der Waals surface area contributed by atoms with E-state index >= 15 is 0 Å². The Balaban J connectivity index is 2.18. The Morgan fingerprint density at radius 3 is 2.76 bits per heavy atom. The van der Waals surface area contributed by atoms with Crippen LogP contribution < -0.4 is 5.32 Å². The van der Waals surface area contributed by atoms with E-state index in [4.69, 9.17) is 0 Å². The monoisotopic (exact) mass is 228 g/mol. The molecule has 17 heavy (non-hydrogen) atoms. The van der Waals surface area contributed by atoms with Crippen molar-refractivity contribution in [2.75, 3.05) is 6.54 Å². The molecule has 0 bridgehead atoms. The lowest BCUT2D eigenvalue weighted by atomic mass is 9.99. The van der Waals surface area contributed by atoms with Crippen LogP contribution in [0.25, 0.3) is 10.9 Å². The number of hydrogen-bond donors (Lipinski definition) is 1. The fourth-order valence-corrected chi connectivity index (χ4v) is 3.12. The number of benzene rings is 1. The molecule has 2 nitrogen and oxygen atoms in total. The van der Waals surface area contributed by atoms with E-state index in [1.165, 1.54) is 28.6 Å². The molecule has 2 aromatic rings. The van der Waals surface area contributed by atoms with Crippen molar-refractivity contribution in [1.82, 2.24) is 9.88 Å². The summed E-state index contributed by atoms with van der Waals surface area (Å²) in [5.74, 6) is 0.790. The molecule has 2 heterocycles. The molecule has 1 aliphatic rings. The van der Waals surface area contributed by atoms with Crippen molar-refractivity contribution in [3.8, 4) is 0 Å². The minimum absolute atomic E-state index is 0.538. The summed E-state index contributed by atoms with van der Waals surface area (Å²) in [7, 11) is 2.17. The maximum atomic E-state index is 3.66. The lowest BCUT2D eigenvalue weighted by Gasteiger charge is -2.11. The normalized spacial score (nSPS) is 24.6. The molecule has 0 amide bonds. The number of para-hydroxylation sites is 1. The third-order valence-electron chi connectivity index (χ3n) is 4.15. The van der Waals surface area contributed by atoms with Crippen molar-refractivity contribution in [1.29, 1.82) is 0 Å². The summed E-state index contributed by atoms with van der Waals surface area (Å²) in [4.78, 5) is 0. The molecule has 1 aliphatic heterocycles. The van der Waals surface area contributed by atoms with E-state index in [0.29, 0.717) is 6.04 Å². The van der Waals surface area contributed by atoms with Gasteiger partial charge in [-0.2, -0.15) is 0 Å². The van der Waals surface area contributed by atoms with Gasteiger partial charge in [-0.1, -0.05) is 25.1 Å². The summed E-state index contributed by atoms with van der Waals surface area (Å²) < 4.78 is 2.31. The Hall–Kier alpha value is -1.28. The molecule has 1 aromatic carbocycles. The Kier molecular flexibility index (Phi) is 2.48. The van der Waals surface area contributed by atoms with Crippen molar-refractivity contribution < 1.29 is 0 Å². The van der Waals surface area contributed by atoms with Gasteiger partial charge in [-0.25, -0.2) is 0 Å². The van der Waals surface area contributed by atoms with E-state index in [1.807, 2.05) is 0 Å². The standard InChI is InChI=1S/C15H20N2/c1-10-8-13(16-9-10)15-11(2)17(3)14-7-5-4-6-12(14)15/h4-7,10,13,16H,8-9H2,1-3H3/t10-,13-/m0/s1. The molecular weight excluding hydrogens is 208 g/mol. The van der Waals surface area contributed by atoms with E-state index in [1.54, 1.807) is 0 Å². The summed E-state index contributed by atoms with van der Waals surface area (Å²) >= 11 is 0. The summed E-state index contributed by atoms with van der Waals surface area (Å²) in [5, 5.41) is 5.07. The number of nitrogens with one attached hydrogen (secondary N) is 1. The van der Waals surface area contributed by atoms with Crippen LogP contribution in [0.3, 0.4) is 0 Å². The largest absolute Gasteiger partial charge is 0.348 e. The molecular formula is C15H20N2. The molecule has 0 unspecified atom stereocenters. The van der Waals surface area contributed by atoms with Crippen molar-refractivity contribution in [3.63, 3.8) is 0 Å². The predicted molar refractivity (Wildman–Crippen MR) is 72.2 cm³/mol. The van der Waals surface area contributed by atoms with Gasteiger partial charge in [0, 0.05) is 29.7 Å². The molecule has 3 rings (SSSR count). The van der Waals surface area contributed by atoms with Crippen LogP contribution in [0.5, 0.6) is 0 Å². The zero-order valence-corrected chi connectivity index (χ0v) is 10.8. The highest BCUT2D eigenvalue weighted by molar-refractivity contribution is 5.86. The average Bonchev–Trinajstić information content (AvgIpc) is 2.84. The van der Waals surface area contributed by atoms with Gasteiger partial charge in [0.1, 0.15) is 0 Å². The number of rotatable bonds is 1. The van der Waals surface area contributed by atoms with Crippen LogP contribution in [0, 0.1) is 12.8 Å². The number of fused-ring (bicyclic) bond motifs is 1. The zero-order chi connectivity index (χ0) is 12.0. The van der Waals surface area contributed by atoms with E-state index < -0.39 is 0 Å². The van der Waals surface area contributed by atoms with Gasteiger partial charge in [0.25, 0.3) is 0 Å². The van der Waals surface area contributed by atoms with E-state index in [9.17, 15) is 0 Å². The van der Waals surface area contributed by atoms with Gasteiger partial charge in [-0.15, -0.1) is 0 Å². The average molecular weight is 228 g/mol. The van der Waals surface area contributed by atoms with Crippen molar-refractivity contribution >= 4 is 10.9 Å². The van der Waals surface area contributed by atoms with Crippen LogP contribution in [0.1, 0.15) is 30.6 Å². The predicted octanol–water partition coefficient (Wildman–Crippen LogP) is 3.16. The molecule has 2 atom stereocenters. The molecule has 1 saturated heterocycles. The lowest BCUT2D eigenvalue weighted by Crippen LogP contribution is -2.14. The van der Waals surface area contributed by atoms with Crippen LogP contribution in [0.2, 0.25) is 0 Å². The van der Waals surface area contributed by atoms with Gasteiger partial charge >= 0.3 is 0 Å². The Bertz CT molecular complexity index is 553. The van der Waals surface area contributed by atoms with Crippen LogP contribution in [-0.2, 0) is 7.05 Å². The lowest BCUT2D eigenvalue weighted by molar-refractivity contribution is 0.610. The number of aromatic nitrogens is 1.